The van der Waals surface area contributed by atoms with E-state index in [-0.39, 0.29) is 5.57 Å². The monoisotopic (exact) mass is 299 g/mol. The summed E-state index contributed by atoms with van der Waals surface area (Å²) in [6, 6.07) is 8.99. The van der Waals surface area contributed by atoms with Gasteiger partial charge in [0.2, 0.25) is 0 Å². The van der Waals surface area contributed by atoms with Crippen LogP contribution in [-0.4, -0.2) is 30.1 Å². The lowest BCUT2D eigenvalue weighted by atomic mass is 10.2. The molecule has 7 nitrogen and oxygen atoms in total. The molecule has 1 atom stereocenters. The van der Waals surface area contributed by atoms with Gasteiger partial charge < -0.3 is 21.1 Å². The average molecular weight is 299 g/mol. The number of anilines is 1. The molecule has 4 N–H and O–H groups in total. The Morgan fingerprint density at radius 1 is 1.45 bits per heavy atom. The number of nitrogens with one attached hydrogen (secondary N) is 3. The van der Waals surface area contributed by atoms with Crippen molar-refractivity contribution in [2.24, 2.45) is 4.99 Å². The van der Waals surface area contributed by atoms with Crippen LogP contribution in [0.25, 0.3) is 0 Å². The third-order valence-electron chi connectivity index (χ3n) is 3.00. The van der Waals surface area contributed by atoms with Crippen LogP contribution in [0, 0.1) is 11.3 Å². The Bertz CT molecular complexity index is 643. The van der Waals surface area contributed by atoms with Crippen molar-refractivity contribution >= 4 is 17.9 Å². The maximum atomic E-state index is 11.2. The molecule has 0 aliphatic carbocycles. The molecule has 0 saturated carbocycles. The summed E-state index contributed by atoms with van der Waals surface area (Å²) in [6.45, 7) is 2.66. The highest BCUT2D eigenvalue weighted by Crippen LogP contribution is 2.12. The van der Waals surface area contributed by atoms with Crippen LogP contribution in [-0.2, 0) is 4.79 Å². The predicted molar refractivity (Wildman–Crippen MR) is 83.2 cm³/mol. The lowest BCUT2D eigenvalue weighted by Gasteiger charge is -2.25. The van der Waals surface area contributed by atoms with Gasteiger partial charge in [-0.25, -0.2) is 9.79 Å². The second-order valence-corrected chi connectivity index (χ2v) is 4.68. The average Bonchev–Trinajstić information content (AvgIpc) is 2.53. The Morgan fingerprint density at radius 3 is 2.77 bits per heavy atom. The van der Waals surface area contributed by atoms with E-state index in [1.54, 1.807) is 24.3 Å². The van der Waals surface area contributed by atoms with Gasteiger partial charge >= 0.3 is 5.97 Å². The van der Waals surface area contributed by atoms with Crippen LogP contribution >= 0.6 is 0 Å². The van der Waals surface area contributed by atoms with E-state index in [9.17, 15) is 4.79 Å². The van der Waals surface area contributed by atoms with Crippen molar-refractivity contribution in [3.05, 3.63) is 41.2 Å². The number of carbonyl (C=O) groups is 1. The molecule has 7 heteroatoms. The van der Waals surface area contributed by atoms with Gasteiger partial charge in [0.1, 0.15) is 11.4 Å². The molecule has 1 heterocycles. The first kappa shape index (κ1) is 15.4. The summed E-state index contributed by atoms with van der Waals surface area (Å²) in [5, 5.41) is 27.1. The van der Waals surface area contributed by atoms with Gasteiger partial charge in [-0.3, -0.25) is 0 Å². The third-order valence-corrected chi connectivity index (χ3v) is 3.00. The molecule has 1 aliphatic heterocycles. The number of rotatable bonds is 6. The highest BCUT2D eigenvalue weighted by atomic mass is 16.4. The predicted octanol–water partition coefficient (Wildman–Crippen LogP) is 1.22. The van der Waals surface area contributed by atoms with Crippen molar-refractivity contribution < 1.29 is 9.90 Å². The normalized spacial score (nSPS) is 16.6. The fourth-order valence-electron chi connectivity index (χ4n) is 1.90. The van der Waals surface area contributed by atoms with Crippen LogP contribution < -0.4 is 16.0 Å². The SMILES string of the molecule is CCCNC1=C(C(=O)O)C=NC(Nc2ccc(C#N)cc2)N1. The van der Waals surface area contributed by atoms with Gasteiger partial charge in [-0.05, 0) is 30.7 Å². The van der Waals surface area contributed by atoms with Gasteiger partial charge in [0.15, 0.2) is 6.29 Å². The smallest absolute Gasteiger partial charge is 0.340 e. The summed E-state index contributed by atoms with van der Waals surface area (Å²) in [5.74, 6) is -0.595. The van der Waals surface area contributed by atoms with E-state index in [0.717, 1.165) is 12.1 Å². The summed E-state index contributed by atoms with van der Waals surface area (Å²) < 4.78 is 0. The molecule has 0 radical (unpaired) electrons. The second-order valence-electron chi connectivity index (χ2n) is 4.68. The number of carboxylic acids is 1. The van der Waals surface area contributed by atoms with Crippen molar-refractivity contribution in [3.8, 4) is 6.07 Å². The van der Waals surface area contributed by atoms with Crippen LogP contribution in [0.4, 0.5) is 5.69 Å². The summed E-state index contributed by atoms with van der Waals surface area (Å²) in [5.41, 5.74) is 1.46. The third kappa shape index (κ3) is 3.76. The van der Waals surface area contributed by atoms with Crippen LogP contribution in [0.3, 0.4) is 0 Å². The first-order valence-corrected chi connectivity index (χ1v) is 6.92. The molecule has 1 aromatic carbocycles. The molecule has 1 aliphatic rings. The molecule has 0 bridgehead atoms. The minimum atomic E-state index is -1.04. The molecular formula is C15H17N5O2. The van der Waals surface area contributed by atoms with Gasteiger partial charge in [0, 0.05) is 18.4 Å². The summed E-state index contributed by atoms with van der Waals surface area (Å²) >= 11 is 0. The molecule has 0 spiro atoms. The molecule has 0 fully saturated rings. The summed E-state index contributed by atoms with van der Waals surface area (Å²) in [4.78, 5) is 15.3. The number of aliphatic imine (C=N–C) groups is 1. The van der Waals surface area contributed by atoms with Gasteiger partial charge in [-0.15, -0.1) is 0 Å². The van der Waals surface area contributed by atoms with Crippen molar-refractivity contribution in [1.82, 2.24) is 10.6 Å². The Balaban J connectivity index is 2.07. The number of carboxylic acid groups (broad SMARTS) is 1. The molecule has 2 rings (SSSR count). The highest BCUT2D eigenvalue weighted by molar-refractivity contribution is 6.09. The standard InChI is InChI=1S/C15H17N5O2/c1-2-7-17-13-12(14(21)22)9-18-15(20-13)19-11-5-3-10(8-16)4-6-11/h3-6,9,15,17,19-20H,2,7H2,1H3,(H,21,22). The Hall–Kier alpha value is -3.01. The van der Waals surface area contributed by atoms with Gasteiger partial charge in [-0.1, -0.05) is 6.92 Å². The first-order valence-electron chi connectivity index (χ1n) is 6.92. The van der Waals surface area contributed by atoms with E-state index < -0.39 is 12.3 Å². The molecule has 1 unspecified atom stereocenters. The zero-order valence-electron chi connectivity index (χ0n) is 12.1. The van der Waals surface area contributed by atoms with Crippen molar-refractivity contribution in [2.75, 3.05) is 11.9 Å². The number of hydrogen-bond donors (Lipinski definition) is 4. The Morgan fingerprint density at radius 2 is 2.18 bits per heavy atom. The molecule has 114 valence electrons. The van der Waals surface area contributed by atoms with Crippen LogP contribution in [0.15, 0.2) is 40.7 Å². The van der Waals surface area contributed by atoms with E-state index in [1.165, 1.54) is 6.21 Å². The van der Waals surface area contributed by atoms with E-state index in [0.29, 0.717) is 17.9 Å². The molecule has 0 saturated heterocycles. The first-order chi connectivity index (χ1) is 10.6. The van der Waals surface area contributed by atoms with Crippen molar-refractivity contribution in [3.63, 3.8) is 0 Å². The summed E-state index contributed by atoms with van der Waals surface area (Å²) in [6.07, 6.45) is 1.73. The largest absolute Gasteiger partial charge is 0.478 e. The van der Waals surface area contributed by atoms with E-state index in [1.807, 2.05) is 6.92 Å². The van der Waals surface area contributed by atoms with Gasteiger partial charge in [0.25, 0.3) is 0 Å². The molecular weight excluding hydrogens is 282 g/mol. The lowest BCUT2D eigenvalue weighted by molar-refractivity contribution is -0.132. The van der Waals surface area contributed by atoms with Crippen LogP contribution in [0.1, 0.15) is 18.9 Å². The summed E-state index contributed by atoms with van der Waals surface area (Å²) in [7, 11) is 0. The molecule has 22 heavy (non-hydrogen) atoms. The number of hydrogen-bond acceptors (Lipinski definition) is 6. The molecule has 1 aromatic rings. The van der Waals surface area contributed by atoms with Crippen LogP contribution in [0.2, 0.25) is 0 Å². The van der Waals surface area contributed by atoms with E-state index in [4.69, 9.17) is 10.4 Å². The maximum absolute atomic E-state index is 11.2. The minimum Gasteiger partial charge on any atom is -0.478 e. The molecule has 0 amide bonds. The zero-order valence-corrected chi connectivity index (χ0v) is 12.1. The maximum Gasteiger partial charge on any atom is 0.340 e. The van der Waals surface area contributed by atoms with Crippen molar-refractivity contribution in [1.29, 1.82) is 5.26 Å². The van der Waals surface area contributed by atoms with Crippen molar-refractivity contribution in [2.45, 2.75) is 19.6 Å². The van der Waals surface area contributed by atoms with Gasteiger partial charge in [0.05, 0.1) is 11.6 Å². The Labute approximate surface area is 128 Å². The minimum absolute atomic E-state index is 0.103. The number of nitrogens with zero attached hydrogens (tertiary/aromatic N) is 2. The zero-order chi connectivity index (χ0) is 15.9. The van der Waals surface area contributed by atoms with Gasteiger partial charge in [-0.2, -0.15) is 5.26 Å². The van der Waals surface area contributed by atoms with E-state index in [2.05, 4.69) is 27.0 Å². The van der Waals surface area contributed by atoms with Crippen LogP contribution in [0.5, 0.6) is 0 Å². The fraction of sp³-hybridized carbons (Fsp3) is 0.267. The number of benzene rings is 1. The highest BCUT2D eigenvalue weighted by Gasteiger charge is 2.20. The number of nitriles is 1. The molecule has 0 aromatic heterocycles. The second kappa shape index (κ2) is 7.13. The lowest BCUT2D eigenvalue weighted by Crippen LogP contribution is -2.43. The topological polar surface area (TPSA) is 110 Å². The Kier molecular flexibility index (Phi) is 4.98. The number of aliphatic carboxylic acids is 1. The van der Waals surface area contributed by atoms with E-state index >= 15 is 0 Å². The fourth-order valence-corrected chi connectivity index (χ4v) is 1.90. The quantitative estimate of drug-likeness (QED) is 0.629.